The zero-order valence-corrected chi connectivity index (χ0v) is 6.44. The van der Waals surface area contributed by atoms with Crippen molar-refractivity contribution in [3.05, 3.63) is 24.3 Å². The van der Waals surface area contributed by atoms with Gasteiger partial charge < -0.3 is 10.6 Å². The number of allylic oxidation sites excluding steroid dienone is 1. The van der Waals surface area contributed by atoms with E-state index in [1.165, 1.54) is 0 Å². The van der Waals surface area contributed by atoms with Crippen molar-refractivity contribution in [2.24, 2.45) is 4.99 Å². The molecule has 0 rings (SSSR count). The normalized spacial score (nSPS) is 10.4. The first kappa shape index (κ1) is 8.75. The summed E-state index contributed by atoms with van der Waals surface area (Å²) in [4.78, 5) is 3.58. The Kier molecular flexibility index (Phi) is 4.04. The van der Waals surface area contributed by atoms with Crippen LogP contribution in [0.3, 0.4) is 0 Å². The molecule has 0 aromatic heterocycles. The first-order valence-corrected chi connectivity index (χ1v) is 2.97. The fraction of sp³-hybridized carbons (Fsp3) is 0.286. The molecule has 0 aliphatic rings. The second kappa shape index (κ2) is 4.61. The van der Waals surface area contributed by atoms with Crippen molar-refractivity contribution >= 4 is 6.72 Å². The van der Waals surface area contributed by atoms with Crippen molar-refractivity contribution in [3.8, 4) is 0 Å². The van der Waals surface area contributed by atoms with E-state index < -0.39 is 0 Å². The van der Waals surface area contributed by atoms with Gasteiger partial charge in [0.2, 0.25) is 0 Å². The average molecular weight is 139 g/mol. The van der Waals surface area contributed by atoms with Crippen LogP contribution in [0.2, 0.25) is 0 Å². The Morgan fingerprint density at radius 2 is 2.20 bits per heavy atom. The van der Waals surface area contributed by atoms with Crippen molar-refractivity contribution in [3.63, 3.8) is 0 Å². The van der Waals surface area contributed by atoms with Crippen LogP contribution in [0, 0.1) is 0 Å². The maximum Gasteiger partial charge on any atom is 0.0952 e. The number of hydrogen-bond acceptors (Lipinski definition) is 3. The summed E-state index contributed by atoms with van der Waals surface area (Å²) in [6.07, 6.45) is 1.63. The highest BCUT2D eigenvalue weighted by atomic mass is 15.1. The van der Waals surface area contributed by atoms with E-state index in [4.69, 9.17) is 0 Å². The number of aliphatic imine (C=N–C) groups is 1. The monoisotopic (exact) mass is 139 g/mol. The molecule has 10 heavy (non-hydrogen) atoms. The molecule has 0 aromatic carbocycles. The summed E-state index contributed by atoms with van der Waals surface area (Å²) in [5.74, 6) is 0.748. The lowest BCUT2D eigenvalue weighted by molar-refractivity contribution is 0.837. The van der Waals surface area contributed by atoms with Crippen molar-refractivity contribution in [1.29, 1.82) is 0 Å². The lowest BCUT2D eigenvalue weighted by Gasteiger charge is -2.06. The molecule has 0 radical (unpaired) electrons. The van der Waals surface area contributed by atoms with E-state index in [2.05, 4.69) is 28.9 Å². The quantitative estimate of drug-likeness (QED) is 0.566. The predicted octanol–water partition coefficient (Wildman–Crippen LogP) is 0.828. The van der Waals surface area contributed by atoms with Gasteiger partial charge in [-0.2, -0.15) is 0 Å². The Bertz CT molecular complexity index is 158. The molecule has 2 N–H and O–H groups in total. The van der Waals surface area contributed by atoms with Gasteiger partial charge >= 0.3 is 0 Å². The van der Waals surface area contributed by atoms with E-state index in [1.54, 1.807) is 13.2 Å². The minimum absolute atomic E-state index is 0.748. The Labute approximate surface area is 61.5 Å². The van der Waals surface area contributed by atoms with E-state index in [-0.39, 0.29) is 0 Å². The van der Waals surface area contributed by atoms with Crippen molar-refractivity contribution in [1.82, 2.24) is 10.6 Å². The van der Waals surface area contributed by atoms with E-state index in [0.717, 1.165) is 11.5 Å². The molecule has 0 aromatic rings. The molecule has 0 saturated carbocycles. The molecular formula is C7H13N3. The molecule has 0 spiro atoms. The third kappa shape index (κ3) is 3.72. The average Bonchev–Trinajstić information content (AvgIpc) is 1.88. The smallest absolute Gasteiger partial charge is 0.0952 e. The van der Waals surface area contributed by atoms with Gasteiger partial charge in [-0.3, -0.25) is 4.99 Å². The summed E-state index contributed by atoms with van der Waals surface area (Å²) in [6, 6.07) is 0. The van der Waals surface area contributed by atoms with Gasteiger partial charge in [0.25, 0.3) is 0 Å². The van der Waals surface area contributed by atoms with E-state index in [1.807, 2.05) is 6.92 Å². The summed E-state index contributed by atoms with van der Waals surface area (Å²) in [5, 5.41) is 5.80. The van der Waals surface area contributed by atoms with Crippen LogP contribution in [0.5, 0.6) is 0 Å². The van der Waals surface area contributed by atoms with Crippen molar-refractivity contribution in [2.75, 3.05) is 7.05 Å². The molecule has 0 aliphatic heterocycles. The minimum Gasteiger partial charge on any atom is -0.375 e. The predicted molar refractivity (Wildman–Crippen MR) is 44.6 cm³/mol. The molecule has 0 aliphatic carbocycles. The van der Waals surface area contributed by atoms with Crippen molar-refractivity contribution in [2.45, 2.75) is 6.92 Å². The Hall–Kier alpha value is -1.25. The Morgan fingerprint density at radius 3 is 2.60 bits per heavy atom. The van der Waals surface area contributed by atoms with Gasteiger partial charge in [-0.25, -0.2) is 0 Å². The molecule has 0 amide bonds. The summed E-state index contributed by atoms with van der Waals surface area (Å²) in [6.45, 7) is 8.87. The Balaban J connectivity index is 3.78. The molecule has 3 nitrogen and oxygen atoms in total. The van der Waals surface area contributed by atoms with E-state index >= 15 is 0 Å². The standard InChI is InChI=1S/C7H13N3/c1-6(5-8-3)10-7(2)9-4/h5,9-10H,2-3H2,1,4H3/b6-5+. The molecule has 0 unspecified atom stereocenters. The van der Waals surface area contributed by atoms with Gasteiger partial charge in [0.1, 0.15) is 0 Å². The second-order valence-electron chi connectivity index (χ2n) is 1.85. The first-order chi connectivity index (χ1) is 4.70. The molecule has 0 bridgehead atoms. The fourth-order valence-electron chi connectivity index (χ4n) is 0.470. The van der Waals surface area contributed by atoms with Crippen LogP contribution in [0.1, 0.15) is 6.92 Å². The van der Waals surface area contributed by atoms with Gasteiger partial charge in [0.05, 0.1) is 5.82 Å². The number of nitrogens with one attached hydrogen (secondary N) is 2. The number of rotatable bonds is 4. The lowest BCUT2D eigenvalue weighted by Crippen LogP contribution is -2.20. The highest BCUT2D eigenvalue weighted by molar-refractivity contribution is 5.26. The first-order valence-electron chi connectivity index (χ1n) is 2.97. The molecule has 3 heteroatoms. The van der Waals surface area contributed by atoms with E-state index in [0.29, 0.717) is 0 Å². The van der Waals surface area contributed by atoms with Crippen LogP contribution in [-0.2, 0) is 0 Å². The third-order valence-electron chi connectivity index (χ3n) is 0.935. The zero-order chi connectivity index (χ0) is 7.98. The van der Waals surface area contributed by atoms with Gasteiger partial charge in [0.15, 0.2) is 0 Å². The number of hydrogen-bond donors (Lipinski definition) is 2. The molecular weight excluding hydrogens is 126 g/mol. The van der Waals surface area contributed by atoms with Crippen LogP contribution in [0.4, 0.5) is 0 Å². The van der Waals surface area contributed by atoms with Crippen LogP contribution < -0.4 is 10.6 Å². The largest absolute Gasteiger partial charge is 0.375 e. The maximum atomic E-state index is 3.67. The second-order valence-corrected chi connectivity index (χ2v) is 1.85. The van der Waals surface area contributed by atoms with Crippen LogP contribution in [-0.4, -0.2) is 13.8 Å². The SMILES string of the molecule is C=N/C=C(\C)NC(=C)NC. The van der Waals surface area contributed by atoms with Crippen LogP contribution in [0.25, 0.3) is 0 Å². The zero-order valence-electron chi connectivity index (χ0n) is 6.44. The maximum absolute atomic E-state index is 3.67. The van der Waals surface area contributed by atoms with Gasteiger partial charge in [0, 0.05) is 18.9 Å². The molecule has 0 atom stereocenters. The fourth-order valence-corrected chi connectivity index (χ4v) is 0.470. The number of nitrogens with zero attached hydrogens (tertiary/aromatic N) is 1. The third-order valence-corrected chi connectivity index (χ3v) is 0.935. The van der Waals surface area contributed by atoms with Gasteiger partial charge in [-0.15, -0.1) is 0 Å². The summed E-state index contributed by atoms with van der Waals surface area (Å²) >= 11 is 0. The van der Waals surface area contributed by atoms with Crippen LogP contribution in [0.15, 0.2) is 29.3 Å². The lowest BCUT2D eigenvalue weighted by atomic mass is 10.5. The molecule has 0 fully saturated rings. The Morgan fingerprint density at radius 1 is 1.60 bits per heavy atom. The summed E-state index contributed by atoms with van der Waals surface area (Å²) in [7, 11) is 1.80. The summed E-state index contributed by atoms with van der Waals surface area (Å²) < 4.78 is 0. The van der Waals surface area contributed by atoms with Crippen molar-refractivity contribution < 1.29 is 0 Å². The summed E-state index contributed by atoms with van der Waals surface area (Å²) in [5.41, 5.74) is 0.911. The topological polar surface area (TPSA) is 36.4 Å². The highest BCUT2D eigenvalue weighted by Gasteiger charge is 1.86. The highest BCUT2D eigenvalue weighted by Crippen LogP contribution is 1.88. The molecule has 0 heterocycles. The minimum atomic E-state index is 0.748. The molecule has 0 saturated heterocycles. The van der Waals surface area contributed by atoms with Gasteiger partial charge in [-0.1, -0.05) is 6.58 Å². The molecule has 56 valence electrons. The van der Waals surface area contributed by atoms with E-state index in [9.17, 15) is 0 Å². The van der Waals surface area contributed by atoms with Crippen LogP contribution >= 0.6 is 0 Å². The van der Waals surface area contributed by atoms with Gasteiger partial charge in [-0.05, 0) is 13.6 Å².